The number of sulfonamides is 1. The molecule has 0 aliphatic rings. The molecule has 8 heteroatoms. The molecular formula is C13H9BrClNO4S. The zero-order chi connectivity index (χ0) is 15.6. The van der Waals surface area contributed by atoms with Gasteiger partial charge in [-0.2, -0.15) is 0 Å². The smallest absolute Gasteiger partial charge is 0.339 e. The predicted octanol–water partition coefficient (Wildman–Crippen LogP) is 3.60. The molecule has 0 aliphatic carbocycles. The lowest BCUT2D eigenvalue weighted by atomic mass is 10.2. The van der Waals surface area contributed by atoms with Crippen LogP contribution in [0.25, 0.3) is 0 Å². The van der Waals surface area contributed by atoms with Crippen molar-refractivity contribution in [3.05, 3.63) is 57.5 Å². The second kappa shape index (κ2) is 6.05. The van der Waals surface area contributed by atoms with Gasteiger partial charge >= 0.3 is 5.97 Å². The Bertz CT molecular complexity index is 808. The van der Waals surface area contributed by atoms with E-state index in [1.54, 1.807) is 18.2 Å². The summed E-state index contributed by atoms with van der Waals surface area (Å²) in [5.41, 5.74) is -0.388. The average molecular weight is 391 g/mol. The number of rotatable bonds is 4. The highest BCUT2D eigenvalue weighted by molar-refractivity contribution is 9.10. The topological polar surface area (TPSA) is 83.5 Å². The second-order valence-corrected chi connectivity index (χ2v) is 6.92. The van der Waals surface area contributed by atoms with Crippen LogP contribution in [0.2, 0.25) is 5.02 Å². The van der Waals surface area contributed by atoms with Crippen molar-refractivity contribution in [2.45, 2.75) is 4.90 Å². The minimum Gasteiger partial charge on any atom is -0.478 e. The first kappa shape index (κ1) is 15.8. The van der Waals surface area contributed by atoms with E-state index >= 15 is 0 Å². The van der Waals surface area contributed by atoms with Crippen molar-refractivity contribution in [2.75, 3.05) is 4.72 Å². The zero-order valence-corrected chi connectivity index (χ0v) is 13.5. The Morgan fingerprint density at radius 1 is 1.14 bits per heavy atom. The van der Waals surface area contributed by atoms with E-state index in [1.165, 1.54) is 24.3 Å². The average Bonchev–Trinajstić information content (AvgIpc) is 2.38. The molecule has 0 heterocycles. The van der Waals surface area contributed by atoms with Gasteiger partial charge in [0.05, 0.1) is 10.7 Å². The number of aromatic carboxylic acids is 1. The molecule has 0 saturated heterocycles. The number of anilines is 1. The summed E-state index contributed by atoms with van der Waals surface area (Å²) in [7, 11) is -3.94. The van der Waals surface area contributed by atoms with E-state index in [2.05, 4.69) is 20.7 Å². The number of carboxylic acids is 1. The first-order valence-corrected chi connectivity index (χ1v) is 8.27. The maximum absolute atomic E-state index is 12.3. The lowest BCUT2D eigenvalue weighted by Crippen LogP contribution is -2.16. The molecule has 2 aromatic carbocycles. The number of hydrogen-bond acceptors (Lipinski definition) is 3. The first-order valence-electron chi connectivity index (χ1n) is 5.62. The highest BCUT2D eigenvalue weighted by Gasteiger charge is 2.22. The fourth-order valence-electron chi connectivity index (χ4n) is 1.69. The van der Waals surface area contributed by atoms with Crippen LogP contribution in [0.3, 0.4) is 0 Å². The summed E-state index contributed by atoms with van der Waals surface area (Å²) in [5.74, 6) is -1.31. The first-order chi connectivity index (χ1) is 9.83. The highest BCUT2D eigenvalue weighted by atomic mass is 79.9. The van der Waals surface area contributed by atoms with Gasteiger partial charge in [-0.05, 0) is 40.2 Å². The van der Waals surface area contributed by atoms with Crippen LogP contribution in [0.15, 0.2) is 51.8 Å². The van der Waals surface area contributed by atoms with E-state index in [4.69, 9.17) is 16.7 Å². The molecule has 2 aromatic rings. The van der Waals surface area contributed by atoms with Crippen molar-refractivity contribution in [3.63, 3.8) is 0 Å². The fourth-order valence-corrected chi connectivity index (χ4v) is 4.02. The SMILES string of the molecule is O=C(O)c1c(Cl)cccc1NS(=O)(=O)c1ccccc1Br. The van der Waals surface area contributed by atoms with Gasteiger partial charge in [0.1, 0.15) is 10.5 Å². The van der Waals surface area contributed by atoms with E-state index in [9.17, 15) is 13.2 Å². The lowest BCUT2D eigenvalue weighted by Gasteiger charge is -2.12. The van der Waals surface area contributed by atoms with Crippen LogP contribution >= 0.6 is 27.5 Å². The van der Waals surface area contributed by atoms with Gasteiger partial charge in [0, 0.05) is 4.47 Å². The van der Waals surface area contributed by atoms with Crippen LogP contribution in [-0.4, -0.2) is 19.5 Å². The molecule has 2 rings (SSSR count). The Balaban J connectivity index is 2.50. The zero-order valence-electron chi connectivity index (χ0n) is 10.4. The normalized spacial score (nSPS) is 11.1. The Morgan fingerprint density at radius 2 is 1.81 bits per heavy atom. The summed E-state index contributed by atoms with van der Waals surface area (Å²) in [6.07, 6.45) is 0. The molecule has 0 spiro atoms. The Kier molecular flexibility index (Phi) is 4.55. The van der Waals surface area contributed by atoms with Gasteiger partial charge < -0.3 is 5.11 Å². The monoisotopic (exact) mass is 389 g/mol. The molecule has 0 aliphatic heterocycles. The van der Waals surface area contributed by atoms with Crippen molar-refractivity contribution in [1.82, 2.24) is 0 Å². The van der Waals surface area contributed by atoms with Crippen molar-refractivity contribution in [1.29, 1.82) is 0 Å². The molecule has 0 aromatic heterocycles. The Labute approximate surface area is 134 Å². The lowest BCUT2D eigenvalue weighted by molar-refractivity contribution is 0.0698. The molecule has 2 N–H and O–H groups in total. The molecule has 0 saturated carbocycles. The van der Waals surface area contributed by atoms with Gasteiger partial charge in [0.2, 0.25) is 0 Å². The molecule has 0 fully saturated rings. The van der Waals surface area contributed by atoms with Gasteiger partial charge in [0.15, 0.2) is 0 Å². The Hall–Kier alpha value is -1.57. The van der Waals surface area contributed by atoms with E-state index in [0.29, 0.717) is 4.47 Å². The predicted molar refractivity (Wildman–Crippen MR) is 83.4 cm³/mol. The van der Waals surface area contributed by atoms with E-state index < -0.39 is 16.0 Å². The van der Waals surface area contributed by atoms with Crippen molar-refractivity contribution < 1.29 is 18.3 Å². The van der Waals surface area contributed by atoms with Crippen molar-refractivity contribution in [2.24, 2.45) is 0 Å². The van der Waals surface area contributed by atoms with Crippen molar-refractivity contribution in [3.8, 4) is 0 Å². The molecule has 110 valence electrons. The minimum atomic E-state index is -3.94. The minimum absolute atomic E-state index is 0.00122. The molecule has 0 radical (unpaired) electrons. The van der Waals surface area contributed by atoms with Crippen LogP contribution in [-0.2, 0) is 10.0 Å². The summed E-state index contributed by atoms with van der Waals surface area (Å²) in [4.78, 5) is 11.2. The molecular weight excluding hydrogens is 382 g/mol. The Morgan fingerprint density at radius 3 is 2.43 bits per heavy atom. The molecule has 0 bridgehead atoms. The maximum atomic E-state index is 12.3. The van der Waals surface area contributed by atoms with E-state index in [1.807, 2.05) is 0 Å². The quantitative estimate of drug-likeness (QED) is 0.835. The number of hydrogen-bond donors (Lipinski definition) is 2. The van der Waals surface area contributed by atoms with E-state index in [-0.39, 0.29) is 21.2 Å². The summed E-state index contributed by atoms with van der Waals surface area (Å²) in [6, 6.07) is 10.4. The molecule has 0 amide bonds. The number of nitrogens with one attached hydrogen (secondary N) is 1. The van der Waals surface area contributed by atoms with Crippen LogP contribution in [0.1, 0.15) is 10.4 Å². The van der Waals surface area contributed by atoms with Gasteiger partial charge in [0.25, 0.3) is 10.0 Å². The molecule has 0 unspecified atom stereocenters. The third kappa shape index (κ3) is 3.37. The van der Waals surface area contributed by atoms with Gasteiger partial charge in [-0.15, -0.1) is 0 Å². The second-order valence-electron chi connectivity index (χ2n) is 4.00. The van der Waals surface area contributed by atoms with Gasteiger partial charge in [-0.25, -0.2) is 13.2 Å². The standard InChI is InChI=1S/C13H9BrClNO4S/c14-8-4-1-2-7-11(8)21(19,20)16-10-6-3-5-9(15)12(10)13(17)18/h1-7,16H,(H,17,18). The van der Waals surface area contributed by atoms with E-state index in [0.717, 1.165) is 0 Å². The number of carbonyl (C=O) groups is 1. The molecule has 0 atom stereocenters. The summed E-state index contributed by atoms with van der Waals surface area (Å²) >= 11 is 8.95. The van der Waals surface area contributed by atoms with Gasteiger partial charge in [-0.3, -0.25) is 4.72 Å². The van der Waals surface area contributed by atoms with Gasteiger partial charge in [-0.1, -0.05) is 29.8 Å². The number of benzene rings is 2. The van der Waals surface area contributed by atoms with Crippen LogP contribution in [0, 0.1) is 0 Å². The fraction of sp³-hybridized carbons (Fsp3) is 0. The van der Waals surface area contributed by atoms with Crippen molar-refractivity contribution >= 4 is 49.2 Å². The highest BCUT2D eigenvalue weighted by Crippen LogP contribution is 2.28. The molecule has 21 heavy (non-hydrogen) atoms. The maximum Gasteiger partial charge on any atom is 0.339 e. The van der Waals surface area contributed by atoms with Crippen LogP contribution in [0.5, 0.6) is 0 Å². The largest absolute Gasteiger partial charge is 0.478 e. The summed E-state index contributed by atoms with van der Waals surface area (Å²) in [6.45, 7) is 0. The third-order valence-corrected chi connectivity index (χ3v) is 5.29. The summed E-state index contributed by atoms with van der Waals surface area (Å²) in [5, 5.41) is 9.09. The third-order valence-electron chi connectivity index (χ3n) is 2.60. The molecule has 5 nitrogen and oxygen atoms in total. The van der Waals surface area contributed by atoms with Crippen LogP contribution < -0.4 is 4.72 Å². The van der Waals surface area contributed by atoms with Crippen LogP contribution in [0.4, 0.5) is 5.69 Å². The summed E-state index contributed by atoms with van der Waals surface area (Å²) < 4.78 is 27.3. The number of carboxylic acid groups (broad SMARTS) is 1. The number of halogens is 2.